The van der Waals surface area contributed by atoms with Crippen LogP contribution < -0.4 is 0 Å². The molecule has 0 aliphatic carbocycles. The molecule has 0 fully saturated rings. The van der Waals surface area contributed by atoms with E-state index in [1.54, 1.807) is 11.3 Å². The van der Waals surface area contributed by atoms with Gasteiger partial charge in [-0.05, 0) is 23.6 Å². The van der Waals surface area contributed by atoms with E-state index in [1.807, 2.05) is 6.07 Å². The summed E-state index contributed by atoms with van der Waals surface area (Å²) in [6.45, 7) is 0. The number of hydrogen-bond acceptors (Lipinski definition) is 4. The Labute approximate surface area is 92.7 Å². The Morgan fingerprint density at radius 3 is 3.13 bits per heavy atom. The summed E-state index contributed by atoms with van der Waals surface area (Å²) >= 11 is 3.11. The highest BCUT2D eigenvalue weighted by atomic mass is 32.1. The van der Waals surface area contributed by atoms with E-state index in [2.05, 4.69) is 31.2 Å². The molecule has 5 heteroatoms. The molecule has 0 spiro atoms. The van der Waals surface area contributed by atoms with E-state index >= 15 is 0 Å². The normalized spacial score (nSPS) is 12.0. The van der Waals surface area contributed by atoms with Crippen LogP contribution in [0.1, 0.15) is 0 Å². The monoisotopic (exact) mass is 231 g/mol. The molecule has 0 bridgehead atoms. The van der Waals surface area contributed by atoms with Crippen LogP contribution >= 0.6 is 23.1 Å². The fraction of sp³-hybridized carbons (Fsp3) is 0. The molecule has 72 valence electrons. The second-order valence-electron chi connectivity index (χ2n) is 3.39. The molecule has 0 saturated carbocycles. The Bertz CT molecular complexity index is 777. The molecule has 0 aliphatic rings. The zero-order valence-corrected chi connectivity index (χ0v) is 9.15. The van der Waals surface area contributed by atoms with Gasteiger partial charge in [0.15, 0.2) is 0 Å². The lowest BCUT2D eigenvalue weighted by molar-refractivity contribution is 1.56. The van der Waals surface area contributed by atoms with Gasteiger partial charge in [0.2, 0.25) is 0 Å². The van der Waals surface area contributed by atoms with Gasteiger partial charge in [-0.25, -0.2) is 4.98 Å². The van der Waals surface area contributed by atoms with Crippen molar-refractivity contribution in [3.63, 3.8) is 0 Å². The molecule has 1 aromatic carbocycles. The molecule has 3 heterocycles. The minimum Gasteiger partial charge on any atom is -0.293 e. The Morgan fingerprint density at radius 1 is 1.13 bits per heavy atom. The summed E-state index contributed by atoms with van der Waals surface area (Å²) in [5.41, 5.74) is 4.26. The standard InChI is InChI=1S/C10H5N3S2/c1-2-6-9(13-15-12-6)8-5(1)11-7-3-4-14-10(7)8/h1-4,12H. The number of aromatic amines is 1. The van der Waals surface area contributed by atoms with E-state index in [0.717, 1.165) is 22.1 Å². The molecule has 0 saturated heterocycles. The predicted molar refractivity (Wildman–Crippen MR) is 64.7 cm³/mol. The maximum atomic E-state index is 4.57. The number of benzene rings is 1. The first-order valence-electron chi connectivity index (χ1n) is 4.53. The number of nitrogens with one attached hydrogen (secondary N) is 1. The molecule has 3 aromatic heterocycles. The van der Waals surface area contributed by atoms with Crippen LogP contribution in [-0.2, 0) is 0 Å². The minimum absolute atomic E-state index is 1.04. The Balaban J connectivity index is 2.46. The molecular formula is C10H5N3S2. The summed E-state index contributed by atoms with van der Waals surface area (Å²) in [6, 6.07) is 6.15. The molecule has 0 radical (unpaired) electrons. The molecule has 0 atom stereocenters. The molecule has 0 aliphatic heterocycles. The van der Waals surface area contributed by atoms with E-state index < -0.39 is 0 Å². The molecule has 0 unspecified atom stereocenters. The van der Waals surface area contributed by atoms with Gasteiger partial charge in [-0.15, -0.1) is 11.3 Å². The first kappa shape index (κ1) is 7.78. The largest absolute Gasteiger partial charge is 0.293 e. The smallest absolute Gasteiger partial charge is 0.113 e. The number of H-pyrrole nitrogens is 1. The van der Waals surface area contributed by atoms with Gasteiger partial charge in [-0.1, -0.05) is 0 Å². The van der Waals surface area contributed by atoms with Gasteiger partial charge in [-0.2, -0.15) is 4.37 Å². The lowest BCUT2D eigenvalue weighted by atomic mass is 10.2. The van der Waals surface area contributed by atoms with Gasteiger partial charge in [0.1, 0.15) is 5.52 Å². The van der Waals surface area contributed by atoms with Gasteiger partial charge < -0.3 is 0 Å². The van der Waals surface area contributed by atoms with Crippen molar-refractivity contribution in [1.82, 2.24) is 13.7 Å². The van der Waals surface area contributed by atoms with Crippen LogP contribution in [0, 0.1) is 0 Å². The number of nitrogens with zero attached hydrogens (tertiary/aromatic N) is 2. The molecule has 3 nitrogen and oxygen atoms in total. The summed E-state index contributed by atoms with van der Waals surface area (Å²) in [5.74, 6) is 0. The van der Waals surface area contributed by atoms with Crippen molar-refractivity contribution >= 4 is 55.2 Å². The average molecular weight is 231 g/mol. The molecule has 15 heavy (non-hydrogen) atoms. The van der Waals surface area contributed by atoms with Crippen LogP contribution in [0.4, 0.5) is 0 Å². The second-order valence-corrected chi connectivity index (χ2v) is 4.87. The van der Waals surface area contributed by atoms with Gasteiger partial charge in [0.25, 0.3) is 0 Å². The van der Waals surface area contributed by atoms with E-state index in [0.29, 0.717) is 0 Å². The molecule has 0 amide bonds. The average Bonchev–Trinajstić information content (AvgIpc) is 2.89. The van der Waals surface area contributed by atoms with E-state index in [-0.39, 0.29) is 0 Å². The highest BCUT2D eigenvalue weighted by Crippen LogP contribution is 2.34. The summed E-state index contributed by atoms with van der Waals surface area (Å²) in [6.07, 6.45) is 0. The minimum atomic E-state index is 1.04. The third kappa shape index (κ3) is 0.891. The van der Waals surface area contributed by atoms with Gasteiger partial charge in [-0.3, -0.25) is 4.37 Å². The van der Waals surface area contributed by atoms with E-state index in [4.69, 9.17) is 0 Å². The SMILES string of the molecule is c1cc2nc3ccc4[nH]snc4c3c2s1. The number of aromatic nitrogens is 3. The van der Waals surface area contributed by atoms with Crippen molar-refractivity contribution < 1.29 is 0 Å². The lowest BCUT2D eigenvalue weighted by Crippen LogP contribution is -1.71. The van der Waals surface area contributed by atoms with Crippen molar-refractivity contribution in [2.45, 2.75) is 0 Å². The molecule has 4 rings (SSSR count). The fourth-order valence-corrected chi connectivity index (χ4v) is 3.38. The van der Waals surface area contributed by atoms with Gasteiger partial charge in [0.05, 0.1) is 21.3 Å². The first-order chi connectivity index (χ1) is 7.43. The van der Waals surface area contributed by atoms with Crippen molar-refractivity contribution in [1.29, 1.82) is 0 Å². The number of thiophene rings is 1. The Hall–Kier alpha value is -1.46. The maximum absolute atomic E-state index is 4.57. The molecule has 4 aromatic rings. The Kier molecular flexibility index (Phi) is 1.33. The first-order valence-corrected chi connectivity index (χ1v) is 6.18. The van der Waals surface area contributed by atoms with Crippen LogP contribution in [0.2, 0.25) is 0 Å². The van der Waals surface area contributed by atoms with Crippen molar-refractivity contribution in [2.75, 3.05) is 0 Å². The second kappa shape index (κ2) is 2.56. The van der Waals surface area contributed by atoms with Gasteiger partial charge >= 0.3 is 0 Å². The third-order valence-corrected chi connectivity index (χ3v) is 4.07. The van der Waals surface area contributed by atoms with Crippen LogP contribution in [0.15, 0.2) is 23.6 Å². The summed E-state index contributed by atoms with van der Waals surface area (Å²) < 4.78 is 8.81. The van der Waals surface area contributed by atoms with Crippen LogP contribution in [-0.4, -0.2) is 13.7 Å². The highest BCUT2D eigenvalue weighted by molar-refractivity contribution is 7.18. The summed E-state index contributed by atoms with van der Waals surface area (Å²) in [4.78, 5) is 4.57. The highest BCUT2D eigenvalue weighted by Gasteiger charge is 2.11. The topological polar surface area (TPSA) is 41.6 Å². The quantitative estimate of drug-likeness (QED) is 0.504. The van der Waals surface area contributed by atoms with Crippen LogP contribution in [0.25, 0.3) is 32.2 Å². The van der Waals surface area contributed by atoms with Crippen LogP contribution in [0.5, 0.6) is 0 Å². The predicted octanol–water partition coefficient (Wildman–Crippen LogP) is 3.39. The Morgan fingerprint density at radius 2 is 2.13 bits per heavy atom. The lowest BCUT2D eigenvalue weighted by Gasteiger charge is -1.89. The van der Waals surface area contributed by atoms with Crippen molar-refractivity contribution in [3.8, 4) is 0 Å². The number of fused-ring (bicyclic) bond motifs is 5. The van der Waals surface area contributed by atoms with E-state index in [9.17, 15) is 0 Å². The summed E-state index contributed by atoms with van der Waals surface area (Å²) in [5, 5.41) is 3.27. The summed E-state index contributed by atoms with van der Waals surface area (Å²) in [7, 11) is 0. The van der Waals surface area contributed by atoms with Crippen molar-refractivity contribution in [3.05, 3.63) is 23.6 Å². The van der Waals surface area contributed by atoms with Gasteiger partial charge in [0, 0.05) is 17.1 Å². The molecular weight excluding hydrogens is 226 g/mol. The number of hydrogen-bond donors (Lipinski definition) is 1. The zero-order chi connectivity index (χ0) is 9.83. The fourth-order valence-electron chi connectivity index (χ4n) is 1.90. The maximum Gasteiger partial charge on any atom is 0.113 e. The van der Waals surface area contributed by atoms with E-state index in [1.165, 1.54) is 21.8 Å². The van der Waals surface area contributed by atoms with Crippen LogP contribution in [0.3, 0.4) is 0 Å². The van der Waals surface area contributed by atoms with Crippen molar-refractivity contribution in [2.24, 2.45) is 0 Å². The zero-order valence-electron chi connectivity index (χ0n) is 7.52. The number of rotatable bonds is 0. The third-order valence-electron chi connectivity index (χ3n) is 2.56. The molecule has 1 N–H and O–H groups in total.